The Kier molecular flexibility index (Phi) is 6.01. The number of hydrogen-bond donors (Lipinski definition) is 0. The summed E-state index contributed by atoms with van der Waals surface area (Å²) in [5, 5.41) is 7.50. The number of nitrogens with zero attached hydrogens (tertiary/aromatic N) is 2. The first-order valence-electron chi connectivity index (χ1n) is 3.00. The zero-order chi connectivity index (χ0) is 6.69. The van der Waals surface area contributed by atoms with Gasteiger partial charge in [0.15, 0.2) is 0 Å². The van der Waals surface area contributed by atoms with Crippen molar-refractivity contribution < 1.29 is 58.2 Å². The van der Waals surface area contributed by atoms with Crippen LogP contribution in [0.5, 0.6) is 0 Å². The van der Waals surface area contributed by atoms with E-state index in [1.807, 2.05) is 6.07 Å². The van der Waals surface area contributed by atoms with Gasteiger partial charge in [-0.15, -0.1) is 6.20 Å². The van der Waals surface area contributed by atoms with Gasteiger partial charge in [-0.2, -0.15) is 11.2 Å². The summed E-state index contributed by atoms with van der Waals surface area (Å²) in [5.41, 5.74) is 1.02. The molecular weight excluding hydrogens is 198 g/mol. The quantitative estimate of drug-likeness (QED) is 0.518. The van der Waals surface area contributed by atoms with Crippen molar-refractivity contribution in [1.29, 1.82) is 0 Å². The summed E-state index contributed by atoms with van der Waals surface area (Å²) in [7, 11) is 0. The Labute approximate surface area is 110 Å². The second kappa shape index (κ2) is 5.52. The van der Waals surface area contributed by atoms with Crippen LogP contribution < -0.4 is 58.2 Å². The maximum absolute atomic E-state index is 3.87. The van der Waals surface area contributed by atoms with Crippen molar-refractivity contribution in [3.8, 4) is 0 Å². The zero-order valence-corrected chi connectivity index (χ0v) is 11.5. The predicted octanol–water partition coefficient (Wildman–Crippen LogP) is -1.60. The molecule has 0 aliphatic carbocycles. The Morgan fingerprint density at radius 2 is 2.20 bits per heavy atom. The average molecular weight is 207 g/mol. The third-order valence-electron chi connectivity index (χ3n) is 1.14. The number of rotatable bonds is 1. The van der Waals surface area contributed by atoms with E-state index in [4.69, 9.17) is 0 Å². The second-order valence-corrected chi connectivity index (χ2v) is 2.24. The van der Waals surface area contributed by atoms with Crippen molar-refractivity contribution in [1.82, 2.24) is 10.2 Å². The molecule has 0 fully saturated rings. The van der Waals surface area contributed by atoms with Gasteiger partial charge in [-0.1, -0.05) is 13.8 Å². The molecule has 0 N–H and O–H groups in total. The van der Waals surface area contributed by atoms with Gasteiger partial charge in [0.2, 0.25) is 0 Å². The van der Waals surface area contributed by atoms with Gasteiger partial charge in [0.25, 0.3) is 0 Å². The van der Waals surface area contributed by atoms with Crippen molar-refractivity contribution in [2.24, 2.45) is 0 Å². The van der Waals surface area contributed by atoms with E-state index in [1.165, 1.54) is 0 Å². The average Bonchev–Trinajstić information content (AvgIpc) is 1.90. The van der Waals surface area contributed by atoms with Crippen molar-refractivity contribution in [3.05, 3.63) is 24.0 Å². The van der Waals surface area contributed by atoms with Crippen LogP contribution in [0, 0.1) is 6.20 Å². The van der Waals surface area contributed by atoms with Gasteiger partial charge in [-0.25, -0.2) is 6.07 Å². The fourth-order valence-corrected chi connectivity index (χ4v) is 0.584. The molecule has 0 saturated heterocycles. The third kappa shape index (κ3) is 3.33. The van der Waals surface area contributed by atoms with Crippen LogP contribution in [0.1, 0.15) is 25.5 Å². The molecule has 0 spiro atoms. The Morgan fingerprint density at radius 3 is 2.50 bits per heavy atom. The first kappa shape index (κ1) is 10.9. The molecule has 0 aromatic carbocycles. The van der Waals surface area contributed by atoms with Crippen molar-refractivity contribution in [3.63, 3.8) is 0 Å². The molecule has 48 valence electrons. The van der Waals surface area contributed by atoms with Gasteiger partial charge in [0.05, 0.1) is 0 Å². The van der Waals surface area contributed by atoms with E-state index in [0.29, 0.717) is 5.92 Å². The van der Waals surface area contributed by atoms with Gasteiger partial charge in [0, 0.05) is 0 Å². The van der Waals surface area contributed by atoms with Crippen LogP contribution in [0.15, 0.2) is 12.1 Å². The maximum atomic E-state index is 3.87. The van der Waals surface area contributed by atoms with Crippen LogP contribution in [0.2, 0.25) is 0 Å². The predicted molar refractivity (Wildman–Crippen MR) is 35.0 cm³/mol. The van der Waals surface area contributed by atoms with E-state index in [-0.39, 0.29) is 58.2 Å². The number of aromatic nitrogens is 2. The minimum Gasteiger partial charge on any atom is -0.268 e. The molecule has 0 bridgehead atoms. The van der Waals surface area contributed by atoms with Crippen LogP contribution in [0.25, 0.3) is 0 Å². The summed E-state index contributed by atoms with van der Waals surface area (Å²) in [6, 6.07) is 3.71. The Hall–Kier alpha value is 0.885. The van der Waals surface area contributed by atoms with Crippen LogP contribution in [-0.2, 0) is 0 Å². The Morgan fingerprint density at radius 1 is 1.50 bits per heavy atom. The first-order chi connectivity index (χ1) is 4.30. The molecule has 1 aromatic rings. The van der Waals surface area contributed by atoms with Crippen molar-refractivity contribution in [2.75, 3.05) is 0 Å². The van der Waals surface area contributed by atoms with Crippen LogP contribution in [-0.4, -0.2) is 10.2 Å². The molecule has 0 aliphatic rings. The molecule has 10 heavy (non-hydrogen) atoms. The molecule has 0 saturated carbocycles. The molecule has 0 unspecified atom stereocenters. The van der Waals surface area contributed by atoms with Crippen molar-refractivity contribution in [2.45, 2.75) is 19.8 Å². The van der Waals surface area contributed by atoms with Gasteiger partial charge in [-0.3, -0.25) is 5.10 Å². The molecule has 0 radical (unpaired) electrons. The summed E-state index contributed by atoms with van der Waals surface area (Å²) in [5.74, 6) is 0.465. The SMILES string of the molecule is CC(C)c1cc[c-]nn1.[Rb+]. The van der Waals surface area contributed by atoms with E-state index in [1.54, 1.807) is 6.07 Å². The van der Waals surface area contributed by atoms with Crippen molar-refractivity contribution >= 4 is 0 Å². The van der Waals surface area contributed by atoms with E-state index in [0.717, 1.165) is 5.69 Å². The zero-order valence-electron chi connectivity index (χ0n) is 6.63. The monoisotopic (exact) mass is 206 g/mol. The van der Waals surface area contributed by atoms with Gasteiger partial charge in [-0.05, 0) is 11.6 Å². The fraction of sp³-hybridized carbons (Fsp3) is 0.429. The molecule has 1 heterocycles. The molecule has 1 aromatic heterocycles. The summed E-state index contributed by atoms with van der Waals surface area (Å²) >= 11 is 0. The molecule has 1 rings (SSSR count). The van der Waals surface area contributed by atoms with Gasteiger partial charge in [0.1, 0.15) is 0 Å². The smallest absolute Gasteiger partial charge is 0.268 e. The van der Waals surface area contributed by atoms with Crippen LogP contribution in [0.3, 0.4) is 0 Å². The summed E-state index contributed by atoms with van der Waals surface area (Å²) in [6.07, 6.45) is 2.63. The molecule has 0 atom stereocenters. The normalized spacial score (nSPS) is 9.10. The summed E-state index contributed by atoms with van der Waals surface area (Å²) in [6.45, 7) is 4.17. The Balaban J connectivity index is 0.000000810. The van der Waals surface area contributed by atoms with E-state index < -0.39 is 0 Å². The van der Waals surface area contributed by atoms with E-state index in [2.05, 4.69) is 30.2 Å². The maximum Gasteiger partial charge on any atom is 1.00 e. The first-order valence-corrected chi connectivity index (χ1v) is 3.00. The summed E-state index contributed by atoms with van der Waals surface area (Å²) < 4.78 is 0. The van der Waals surface area contributed by atoms with Crippen LogP contribution in [0.4, 0.5) is 0 Å². The molecule has 0 amide bonds. The summed E-state index contributed by atoms with van der Waals surface area (Å²) in [4.78, 5) is 0. The largest absolute Gasteiger partial charge is 1.00 e. The molecule has 3 heteroatoms. The molecular formula is C7H9N2Rb. The Bertz CT molecular complexity index is 174. The topological polar surface area (TPSA) is 25.8 Å². The van der Waals surface area contributed by atoms with Crippen LogP contribution >= 0.6 is 0 Å². The third-order valence-corrected chi connectivity index (χ3v) is 1.14. The minimum atomic E-state index is 0. The fourth-order valence-electron chi connectivity index (χ4n) is 0.584. The molecule has 2 nitrogen and oxygen atoms in total. The van der Waals surface area contributed by atoms with E-state index in [9.17, 15) is 0 Å². The van der Waals surface area contributed by atoms with Gasteiger partial charge < -0.3 is 0 Å². The second-order valence-electron chi connectivity index (χ2n) is 2.24. The van der Waals surface area contributed by atoms with Gasteiger partial charge >= 0.3 is 58.2 Å². The van der Waals surface area contributed by atoms with E-state index >= 15 is 0 Å². The minimum absolute atomic E-state index is 0. The standard InChI is InChI=1S/C7H9N2.Rb/c1-6(2)7-4-3-5-8-9-7;/h3-4,6H,1-2H3;/q-1;+1. The number of hydrogen-bond acceptors (Lipinski definition) is 2. The molecule has 0 aliphatic heterocycles.